The average molecular weight is 369 g/mol. The monoisotopic (exact) mass is 369 g/mol. The third-order valence-electron chi connectivity index (χ3n) is 5.48. The van der Waals surface area contributed by atoms with Gasteiger partial charge < -0.3 is 9.64 Å². The van der Waals surface area contributed by atoms with Crippen molar-refractivity contribution in [1.82, 2.24) is 24.8 Å². The normalized spacial score (nSPS) is 18.0. The topological polar surface area (TPSA) is 63.5 Å². The number of carbonyl (C=O) groups excluding carboxylic acids is 1. The van der Waals surface area contributed by atoms with Crippen LogP contribution in [-0.2, 0) is 19.6 Å². The molecule has 27 heavy (non-hydrogen) atoms. The maximum Gasteiger partial charge on any atom is 0.254 e. The Morgan fingerprint density at radius 3 is 2.78 bits per heavy atom. The van der Waals surface area contributed by atoms with Gasteiger partial charge in [-0.2, -0.15) is 0 Å². The first-order valence-electron chi connectivity index (χ1n) is 9.81. The van der Waals surface area contributed by atoms with E-state index in [9.17, 15) is 4.79 Å². The predicted molar refractivity (Wildman–Crippen MR) is 102 cm³/mol. The molecule has 7 heteroatoms. The van der Waals surface area contributed by atoms with Crippen LogP contribution in [0, 0.1) is 0 Å². The van der Waals surface area contributed by atoms with E-state index < -0.39 is 0 Å². The van der Waals surface area contributed by atoms with Crippen LogP contribution < -0.4 is 4.74 Å². The molecule has 2 aliphatic heterocycles. The first-order chi connectivity index (χ1) is 13.2. The van der Waals surface area contributed by atoms with Crippen LogP contribution in [0.15, 0.2) is 24.3 Å². The van der Waals surface area contributed by atoms with Gasteiger partial charge in [-0.25, -0.2) is 4.68 Å². The van der Waals surface area contributed by atoms with Crippen molar-refractivity contribution in [2.75, 3.05) is 26.7 Å². The molecule has 7 nitrogen and oxygen atoms in total. The lowest BCUT2D eigenvalue weighted by Crippen LogP contribution is -2.32. The van der Waals surface area contributed by atoms with Crippen molar-refractivity contribution in [2.24, 2.45) is 0 Å². The molecule has 0 unspecified atom stereocenters. The van der Waals surface area contributed by atoms with E-state index in [0.717, 1.165) is 50.5 Å². The van der Waals surface area contributed by atoms with Gasteiger partial charge in [0.2, 0.25) is 0 Å². The van der Waals surface area contributed by atoms with Crippen LogP contribution in [0.5, 0.6) is 5.75 Å². The maximum absolute atomic E-state index is 13.1. The number of aromatic nitrogens is 3. The SMILES string of the molecule is COc1cccc(C(=O)N2CCCn3nnc(CN4CCCCC4)c3C2)c1. The van der Waals surface area contributed by atoms with E-state index in [0.29, 0.717) is 17.9 Å². The van der Waals surface area contributed by atoms with E-state index in [4.69, 9.17) is 4.74 Å². The molecule has 0 bridgehead atoms. The molecule has 0 radical (unpaired) electrons. The highest BCUT2D eigenvalue weighted by atomic mass is 16.5. The number of carbonyl (C=O) groups is 1. The van der Waals surface area contributed by atoms with Crippen LogP contribution in [0.4, 0.5) is 0 Å². The Kier molecular flexibility index (Phi) is 5.38. The quantitative estimate of drug-likeness (QED) is 0.828. The van der Waals surface area contributed by atoms with Crippen LogP contribution in [0.2, 0.25) is 0 Å². The number of methoxy groups -OCH3 is 1. The molecule has 0 spiro atoms. The molecule has 0 aliphatic carbocycles. The largest absolute Gasteiger partial charge is 0.497 e. The molecule has 4 rings (SSSR count). The van der Waals surface area contributed by atoms with Crippen molar-refractivity contribution in [3.8, 4) is 5.75 Å². The van der Waals surface area contributed by atoms with E-state index in [1.165, 1.54) is 19.3 Å². The second-order valence-electron chi connectivity index (χ2n) is 7.35. The summed E-state index contributed by atoms with van der Waals surface area (Å²) >= 11 is 0. The fraction of sp³-hybridized carbons (Fsp3) is 0.550. The maximum atomic E-state index is 13.1. The molecule has 0 saturated carbocycles. The molecule has 3 heterocycles. The number of aryl methyl sites for hydroxylation is 1. The van der Waals surface area contributed by atoms with Crippen LogP contribution in [0.25, 0.3) is 0 Å². The van der Waals surface area contributed by atoms with Crippen LogP contribution in [0.3, 0.4) is 0 Å². The van der Waals surface area contributed by atoms with Gasteiger partial charge in [0.1, 0.15) is 11.4 Å². The zero-order valence-electron chi connectivity index (χ0n) is 15.9. The summed E-state index contributed by atoms with van der Waals surface area (Å²) in [5.74, 6) is 0.737. The Hall–Kier alpha value is -2.41. The highest BCUT2D eigenvalue weighted by Gasteiger charge is 2.25. The summed E-state index contributed by atoms with van der Waals surface area (Å²) in [7, 11) is 1.62. The highest BCUT2D eigenvalue weighted by molar-refractivity contribution is 5.94. The Bertz CT molecular complexity index is 797. The Balaban J connectivity index is 1.53. The van der Waals surface area contributed by atoms with Crippen LogP contribution >= 0.6 is 0 Å². The molecule has 0 N–H and O–H groups in total. The first-order valence-corrected chi connectivity index (χ1v) is 9.81. The molecular formula is C20H27N5O2. The molecule has 1 fully saturated rings. The van der Waals surface area contributed by atoms with E-state index in [1.54, 1.807) is 13.2 Å². The third kappa shape index (κ3) is 3.98. The number of likely N-dealkylation sites (tertiary alicyclic amines) is 1. The number of hydrogen-bond donors (Lipinski definition) is 0. The van der Waals surface area contributed by atoms with Gasteiger partial charge in [-0.1, -0.05) is 17.7 Å². The van der Waals surface area contributed by atoms with Crippen molar-refractivity contribution in [2.45, 2.75) is 45.3 Å². The van der Waals surface area contributed by atoms with Gasteiger partial charge in [0.25, 0.3) is 5.91 Å². The number of nitrogens with zero attached hydrogens (tertiary/aromatic N) is 5. The molecule has 2 aliphatic rings. The number of rotatable bonds is 4. The van der Waals surface area contributed by atoms with Crippen molar-refractivity contribution < 1.29 is 9.53 Å². The third-order valence-corrected chi connectivity index (χ3v) is 5.48. The summed E-state index contributed by atoms with van der Waals surface area (Å²) in [5, 5.41) is 8.80. The van der Waals surface area contributed by atoms with E-state index in [1.807, 2.05) is 27.8 Å². The molecule has 1 aromatic heterocycles. The summed E-state index contributed by atoms with van der Waals surface area (Å²) in [6, 6.07) is 7.36. The second kappa shape index (κ2) is 8.08. The van der Waals surface area contributed by atoms with Gasteiger partial charge in [-0.05, 0) is 50.6 Å². The number of piperidine rings is 1. The van der Waals surface area contributed by atoms with E-state index in [-0.39, 0.29) is 5.91 Å². The lowest BCUT2D eigenvalue weighted by atomic mass is 10.1. The Morgan fingerprint density at radius 2 is 1.96 bits per heavy atom. The zero-order valence-corrected chi connectivity index (χ0v) is 15.9. The van der Waals surface area contributed by atoms with Gasteiger partial charge in [0, 0.05) is 25.2 Å². The number of amides is 1. The molecule has 2 aromatic rings. The lowest BCUT2D eigenvalue weighted by molar-refractivity contribution is 0.0744. The first kappa shape index (κ1) is 18.0. The van der Waals surface area contributed by atoms with Gasteiger partial charge in [0.15, 0.2) is 0 Å². The smallest absolute Gasteiger partial charge is 0.254 e. The zero-order chi connectivity index (χ0) is 18.6. The summed E-state index contributed by atoms with van der Waals surface area (Å²) in [5.41, 5.74) is 2.75. The van der Waals surface area contributed by atoms with Gasteiger partial charge in [-0.15, -0.1) is 5.10 Å². The Morgan fingerprint density at radius 1 is 1.11 bits per heavy atom. The molecule has 1 aromatic carbocycles. The van der Waals surface area contributed by atoms with Crippen molar-refractivity contribution in [1.29, 1.82) is 0 Å². The fourth-order valence-electron chi connectivity index (χ4n) is 3.96. The average Bonchev–Trinajstić information content (AvgIpc) is 2.96. The summed E-state index contributed by atoms with van der Waals surface area (Å²) in [6.07, 6.45) is 4.71. The number of benzene rings is 1. The van der Waals surface area contributed by atoms with Gasteiger partial charge in [0.05, 0.1) is 19.3 Å². The van der Waals surface area contributed by atoms with E-state index in [2.05, 4.69) is 15.2 Å². The van der Waals surface area contributed by atoms with Crippen LogP contribution in [0.1, 0.15) is 47.4 Å². The molecule has 0 atom stereocenters. The van der Waals surface area contributed by atoms with E-state index >= 15 is 0 Å². The summed E-state index contributed by atoms with van der Waals surface area (Å²) in [4.78, 5) is 17.4. The van der Waals surface area contributed by atoms with Crippen molar-refractivity contribution >= 4 is 5.91 Å². The second-order valence-corrected chi connectivity index (χ2v) is 7.35. The summed E-state index contributed by atoms with van der Waals surface area (Å²) < 4.78 is 7.25. The lowest BCUT2D eigenvalue weighted by Gasteiger charge is -2.26. The van der Waals surface area contributed by atoms with Gasteiger partial charge >= 0.3 is 0 Å². The van der Waals surface area contributed by atoms with Gasteiger partial charge in [-0.3, -0.25) is 9.69 Å². The molecule has 144 valence electrons. The fourth-order valence-corrected chi connectivity index (χ4v) is 3.96. The number of fused-ring (bicyclic) bond motifs is 1. The van der Waals surface area contributed by atoms with Crippen molar-refractivity contribution in [3.63, 3.8) is 0 Å². The molecule has 1 saturated heterocycles. The summed E-state index contributed by atoms with van der Waals surface area (Å²) in [6.45, 7) is 5.17. The number of ether oxygens (including phenoxy) is 1. The molecule has 1 amide bonds. The van der Waals surface area contributed by atoms with Crippen LogP contribution in [-0.4, -0.2) is 57.4 Å². The number of hydrogen-bond acceptors (Lipinski definition) is 5. The Labute approximate surface area is 159 Å². The minimum atomic E-state index is 0.0347. The minimum Gasteiger partial charge on any atom is -0.497 e. The molecular weight excluding hydrogens is 342 g/mol. The van der Waals surface area contributed by atoms with Crippen molar-refractivity contribution in [3.05, 3.63) is 41.2 Å². The predicted octanol–water partition coefficient (Wildman–Crippen LogP) is 2.32. The standard InChI is InChI=1S/C20H27N5O2/c1-27-17-8-5-7-16(13-17)20(26)24-11-6-12-25-19(15-24)18(21-22-25)14-23-9-3-2-4-10-23/h5,7-8,13H,2-4,6,9-12,14-15H2,1H3. The minimum absolute atomic E-state index is 0.0347. The highest BCUT2D eigenvalue weighted by Crippen LogP contribution is 2.21.